The maximum atomic E-state index is 10.8. The molecule has 0 aliphatic rings. The Morgan fingerprint density at radius 2 is 0.700 bits per heavy atom. The predicted molar refractivity (Wildman–Crippen MR) is 369 cm³/mol. The normalized spacial score (nSPS) is 11.8. The van der Waals surface area contributed by atoms with Crippen molar-refractivity contribution in [3.05, 3.63) is 309 Å². The van der Waals surface area contributed by atoms with E-state index in [0.29, 0.717) is 23.0 Å². The first-order chi connectivity index (χ1) is 44.6. The Kier molecular flexibility index (Phi) is 11.5. The van der Waals surface area contributed by atoms with E-state index in [1.165, 1.54) is 21.5 Å². The SMILES string of the molecule is N#Cc1ccccc1-c1ccc(-n2c3ccccc3c3c2ccc2c4ccccc4n(-c4ccccc4)c23)c(-c2cc(-n3c4ccccc4c4c3ccc3c5ccccc5n(-c5ccccc5)c34)ccc2-c2nc(-c3ccccc3)nc(-c3ccccc3)n2)c1. The van der Waals surface area contributed by atoms with Gasteiger partial charge in [-0.15, -0.1) is 0 Å². The van der Waals surface area contributed by atoms with Gasteiger partial charge >= 0.3 is 0 Å². The highest BCUT2D eigenvalue weighted by Crippen LogP contribution is 2.48. The zero-order valence-corrected chi connectivity index (χ0v) is 48.4. The van der Waals surface area contributed by atoms with Crippen molar-refractivity contribution in [1.29, 1.82) is 5.26 Å². The number of hydrogen-bond donors (Lipinski definition) is 0. The number of fused-ring (bicyclic) bond motifs is 14. The van der Waals surface area contributed by atoms with Gasteiger partial charge in [0.1, 0.15) is 0 Å². The Balaban J connectivity index is 0.986. The van der Waals surface area contributed by atoms with Gasteiger partial charge in [-0.1, -0.05) is 206 Å². The maximum Gasteiger partial charge on any atom is 0.164 e. The van der Waals surface area contributed by atoms with Crippen LogP contribution < -0.4 is 0 Å². The van der Waals surface area contributed by atoms with Gasteiger partial charge in [-0.3, -0.25) is 0 Å². The van der Waals surface area contributed by atoms with Gasteiger partial charge in [-0.05, 0) is 114 Å². The van der Waals surface area contributed by atoms with E-state index in [9.17, 15) is 5.26 Å². The average molecular weight is 1150 g/mol. The Hall–Kier alpha value is -12.4. The number of nitrogens with zero attached hydrogens (tertiary/aromatic N) is 8. The van der Waals surface area contributed by atoms with Crippen LogP contribution in [0, 0.1) is 11.3 Å². The van der Waals surface area contributed by atoms with Crippen LogP contribution in [0.4, 0.5) is 0 Å². The lowest BCUT2D eigenvalue weighted by atomic mass is 9.92. The van der Waals surface area contributed by atoms with E-state index in [0.717, 1.165) is 127 Å². The molecule has 418 valence electrons. The van der Waals surface area contributed by atoms with E-state index in [4.69, 9.17) is 15.0 Å². The van der Waals surface area contributed by atoms with Crippen molar-refractivity contribution < 1.29 is 0 Å². The van der Waals surface area contributed by atoms with E-state index in [-0.39, 0.29) is 0 Å². The topological polar surface area (TPSA) is 82.2 Å². The molecule has 0 saturated carbocycles. The molecule has 0 N–H and O–H groups in total. The van der Waals surface area contributed by atoms with E-state index >= 15 is 0 Å². The van der Waals surface area contributed by atoms with Crippen LogP contribution in [0.15, 0.2) is 303 Å². The molecule has 0 aliphatic heterocycles. The van der Waals surface area contributed by atoms with Gasteiger partial charge in [0.25, 0.3) is 0 Å². The smallest absolute Gasteiger partial charge is 0.164 e. The standard InChI is InChI=1S/C82H50N8/c83-51-55-27-13-14-32-59(55)54-41-46-73(90-72-40-22-18-36-66(72)77-75(90)48-45-63-61-34-16-20-38-70(61)89(79(63)77)57-30-11-4-12-31-57)68(49-54)67-50-58(42-43-64(67)82-85-80(52-23-5-1-6-24-52)84-81(86-82)53-25-7-2-8-26-53)87-71-39-21-17-35-65(71)76-74(87)47-44-62-60-33-15-19-37-69(60)88(78(62)76)56-28-9-3-10-29-56/h1-50H. The zero-order valence-electron chi connectivity index (χ0n) is 48.4. The highest BCUT2D eigenvalue weighted by Gasteiger charge is 2.27. The minimum atomic E-state index is 0.519. The second-order valence-electron chi connectivity index (χ2n) is 23.0. The molecule has 0 radical (unpaired) electrons. The first-order valence-electron chi connectivity index (χ1n) is 30.3. The minimum Gasteiger partial charge on any atom is -0.309 e. The molecule has 0 saturated heterocycles. The lowest BCUT2D eigenvalue weighted by Crippen LogP contribution is -2.04. The second-order valence-corrected chi connectivity index (χ2v) is 23.0. The van der Waals surface area contributed by atoms with Gasteiger partial charge in [0.2, 0.25) is 0 Å². The predicted octanol–water partition coefficient (Wildman–Crippen LogP) is 20.5. The van der Waals surface area contributed by atoms with Crippen LogP contribution in [-0.4, -0.2) is 33.2 Å². The highest BCUT2D eigenvalue weighted by molar-refractivity contribution is 6.28. The molecule has 0 atom stereocenters. The molecular weight excluding hydrogens is 1100 g/mol. The Morgan fingerprint density at radius 1 is 0.256 bits per heavy atom. The van der Waals surface area contributed by atoms with Crippen LogP contribution in [0.25, 0.3) is 166 Å². The van der Waals surface area contributed by atoms with E-state index in [2.05, 4.69) is 267 Å². The van der Waals surface area contributed by atoms with Crippen molar-refractivity contribution in [1.82, 2.24) is 33.2 Å². The number of nitriles is 1. The second kappa shape index (κ2) is 20.3. The molecule has 0 spiro atoms. The molecule has 0 aliphatic carbocycles. The van der Waals surface area contributed by atoms with Gasteiger partial charge in [0, 0.05) is 82.4 Å². The van der Waals surface area contributed by atoms with Crippen molar-refractivity contribution in [2.45, 2.75) is 0 Å². The zero-order chi connectivity index (χ0) is 59.4. The molecule has 0 amide bonds. The fourth-order valence-corrected chi connectivity index (χ4v) is 14.2. The first-order valence-corrected chi connectivity index (χ1v) is 30.3. The lowest BCUT2D eigenvalue weighted by molar-refractivity contribution is 1.07. The minimum absolute atomic E-state index is 0.519. The highest BCUT2D eigenvalue weighted by atomic mass is 15.1. The third-order valence-corrected chi connectivity index (χ3v) is 18.1. The van der Waals surface area contributed by atoms with Crippen LogP contribution >= 0.6 is 0 Å². The largest absolute Gasteiger partial charge is 0.309 e. The van der Waals surface area contributed by atoms with Crippen molar-refractivity contribution >= 4 is 87.2 Å². The van der Waals surface area contributed by atoms with Crippen molar-refractivity contribution in [3.63, 3.8) is 0 Å². The molecular formula is C82H50N8. The van der Waals surface area contributed by atoms with Crippen molar-refractivity contribution in [2.75, 3.05) is 0 Å². The number of para-hydroxylation sites is 6. The molecule has 13 aromatic carbocycles. The van der Waals surface area contributed by atoms with Gasteiger partial charge in [0.05, 0.1) is 61.5 Å². The molecule has 8 nitrogen and oxygen atoms in total. The Labute approximate surface area is 516 Å². The van der Waals surface area contributed by atoms with Crippen LogP contribution in [0.1, 0.15) is 5.56 Å². The third-order valence-electron chi connectivity index (χ3n) is 18.1. The molecule has 90 heavy (non-hydrogen) atoms. The fourth-order valence-electron chi connectivity index (χ4n) is 14.2. The molecule has 18 aromatic rings. The van der Waals surface area contributed by atoms with Crippen LogP contribution in [-0.2, 0) is 0 Å². The summed E-state index contributed by atoms with van der Waals surface area (Å²) >= 11 is 0. The summed E-state index contributed by atoms with van der Waals surface area (Å²) in [5.74, 6) is 1.64. The molecule has 0 unspecified atom stereocenters. The quantitative estimate of drug-likeness (QED) is 0.144. The Morgan fingerprint density at radius 3 is 1.24 bits per heavy atom. The number of hydrogen-bond acceptors (Lipinski definition) is 4. The van der Waals surface area contributed by atoms with Gasteiger partial charge < -0.3 is 18.3 Å². The summed E-state index contributed by atoms with van der Waals surface area (Å²) < 4.78 is 9.74. The summed E-state index contributed by atoms with van der Waals surface area (Å²) in [4.78, 5) is 16.2. The van der Waals surface area contributed by atoms with Gasteiger partial charge in [-0.25, -0.2) is 15.0 Å². The van der Waals surface area contributed by atoms with Crippen LogP contribution in [0.2, 0.25) is 0 Å². The number of aromatic nitrogens is 7. The summed E-state index contributed by atoms with van der Waals surface area (Å²) in [6.45, 7) is 0. The summed E-state index contributed by atoms with van der Waals surface area (Å²) in [7, 11) is 0. The summed E-state index contributed by atoms with van der Waals surface area (Å²) in [5, 5.41) is 20.1. The summed E-state index contributed by atoms with van der Waals surface area (Å²) in [5.41, 5.74) is 19.6. The first kappa shape index (κ1) is 50.8. The van der Waals surface area contributed by atoms with E-state index in [1.807, 2.05) is 60.7 Å². The van der Waals surface area contributed by atoms with Crippen LogP contribution in [0.3, 0.4) is 0 Å². The molecule has 8 heteroatoms. The fraction of sp³-hybridized carbons (Fsp3) is 0. The lowest BCUT2D eigenvalue weighted by Gasteiger charge is -2.20. The summed E-state index contributed by atoms with van der Waals surface area (Å²) in [6, 6.07) is 110. The van der Waals surface area contributed by atoms with Crippen molar-refractivity contribution in [2.24, 2.45) is 0 Å². The third kappa shape index (κ3) is 7.77. The molecule has 5 heterocycles. The Bertz CT molecular complexity index is 5910. The summed E-state index contributed by atoms with van der Waals surface area (Å²) in [6.07, 6.45) is 0. The molecule has 18 rings (SSSR count). The number of benzene rings is 13. The van der Waals surface area contributed by atoms with Gasteiger partial charge in [0.15, 0.2) is 17.5 Å². The van der Waals surface area contributed by atoms with Gasteiger partial charge in [-0.2, -0.15) is 5.26 Å². The van der Waals surface area contributed by atoms with E-state index < -0.39 is 0 Å². The van der Waals surface area contributed by atoms with Crippen molar-refractivity contribution in [3.8, 4) is 85.2 Å². The molecule has 5 aromatic heterocycles. The van der Waals surface area contributed by atoms with E-state index in [1.54, 1.807) is 0 Å². The monoisotopic (exact) mass is 1150 g/mol. The number of rotatable bonds is 9. The molecule has 0 bridgehead atoms. The maximum absolute atomic E-state index is 10.8. The average Bonchev–Trinajstić information content (AvgIpc) is 1.55. The molecule has 0 fully saturated rings. The van der Waals surface area contributed by atoms with Crippen LogP contribution in [0.5, 0.6) is 0 Å².